The van der Waals surface area contributed by atoms with Gasteiger partial charge < -0.3 is 14.6 Å². The number of halogens is 1. The van der Waals surface area contributed by atoms with Gasteiger partial charge in [-0.05, 0) is 46.3 Å². The van der Waals surface area contributed by atoms with Gasteiger partial charge in [0.25, 0.3) is 0 Å². The predicted octanol–water partition coefficient (Wildman–Crippen LogP) is 5.39. The van der Waals surface area contributed by atoms with E-state index in [1.807, 2.05) is 60.7 Å². The van der Waals surface area contributed by atoms with Gasteiger partial charge >= 0.3 is 12.1 Å². The van der Waals surface area contributed by atoms with Crippen molar-refractivity contribution in [1.29, 1.82) is 0 Å². The molecule has 0 radical (unpaired) electrons. The number of rotatable bonds is 7. The molecule has 148 valence electrons. The molecule has 0 spiro atoms. The molecule has 0 atom stereocenters. The fourth-order valence-corrected chi connectivity index (χ4v) is 3.13. The lowest BCUT2D eigenvalue weighted by Gasteiger charge is -2.22. The molecule has 1 N–H and O–H groups in total. The minimum Gasteiger partial charge on any atom is -0.481 e. The van der Waals surface area contributed by atoms with Gasteiger partial charge in [0.15, 0.2) is 6.61 Å². The fraction of sp³-hybridized carbons (Fsp3) is 0.0909. The zero-order chi connectivity index (χ0) is 20.6. The number of hydrogen-bond donors (Lipinski definition) is 1. The fourth-order valence-electron chi connectivity index (χ4n) is 2.64. The van der Waals surface area contributed by atoms with Crippen LogP contribution in [0.1, 0.15) is 5.56 Å². The van der Waals surface area contributed by atoms with E-state index in [9.17, 15) is 9.59 Å². The summed E-state index contributed by atoms with van der Waals surface area (Å²) in [6, 6.07) is 23.5. The summed E-state index contributed by atoms with van der Waals surface area (Å²) >= 11 is 3.39. The summed E-state index contributed by atoms with van der Waals surface area (Å²) in [5, 5.41) is 8.77. The van der Waals surface area contributed by atoms with Crippen LogP contribution in [0, 0.1) is 0 Å². The van der Waals surface area contributed by atoms with Crippen LogP contribution in [0.2, 0.25) is 0 Å². The molecule has 0 heterocycles. The third-order valence-electron chi connectivity index (χ3n) is 3.96. The Bertz CT molecular complexity index is 940. The number of benzene rings is 3. The zero-order valence-electron chi connectivity index (χ0n) is 15.3. The van der Waals surface area contributed by atoms with E-state index in [-0.39, 0.29) is 6.61 Å². The first-order valence-electron chi connectivity index (χ1n) is 8.75. The first kappa shape index (κ1) is 20.4. The lowest BCUT2D eigenvalue weighted by atomic mass is 10.2. The molecule has 0 fully saturated rings. The summed E-state index contributed by atoms with van der Waals surface area (Å²) in [7, 11) is 0. The number of aliphatic carboxylic acids is 1. The highest BCUT2D eigenvalue weighted by Crippen LogP contribution is 2.30. The minimum atomic E-state index is -1.07. The molecule has 0 aliphatic heterocycles. The smallest absolute Gasteiger partial charge is 0.419 e. The minimum absolute atomic E-state index is 0.0140. The number of anilines is 2. The maximum atomic E-state index is 12.9. The van der Waals surface area contributed by atoms with E-state index in [0.29, 0.717) is 27.2 Å². The lowest BCUT2D eigenvalue weighted by molar-refractivity contribution is -0.139. The van der Waals surface area contributed by atoms with Crippen LogP contribution in [0.25, 0.3) is 0 Å². The van der Waals surface area contributed by atoms with Crippen molar-refractivity contribution in [2.24, 2.45) is 0 Å². The van der Waals surface area contributed by atoms with Crippen molar-refractivity contribution in [3.63, 3.8) is 0 Å². The van der Waals surface area contributed by atoms with Crippen LogP contribution in [0.4, 0.5) is 16.2 Å². The van der Waals surface area contributed by atoms with E-state index in [1.54, 1.807) is 18.2 Å². The predicted molar refractivity (Wildman–Crippen MR) is 112 cm³/mol. The summed E-state index contributed by atoms with van der Waals surface area (Å²) in [5.74, 6) is -0.709. The number of carbonyl (C=O) groups is 2. The molecule has 0 saturated carbocycles. The van der Waals surface area contributed by atoms with Crippen LogP contribution in [0.5, 0.6) is 5.75 Å². The second-order valence-corrected chi connectivity index (χ2v) is 6.77. The van der Waals surface area contributed by atoms with Crippen molar-refractivity contribution in [2.75, 3.05) is 11.5 Å². The summed E-state index contributed by atoms with van der Waals surface area (Å²) in [4.78, 5) is 25.1. The van der Waals surface area contributed by atoms with Gasteiger partial charge in [-0.1, -0.05) is 48.5 Å². The highest BCUT2D eigenvalue weighted by molar-refractivity contribution is 9.10. The molecule has 0 bridgehead atoms. The molecule has 0 aromatic heterocycles. The highest BCUT2D eigenvalue weighted by Gasteiger charge is 2.20. The normalized spacial score (nSPS) is 10.2. The second-order valence-electron chi connectivity index (χ2n) is 5.97. The zero-order valence-corrected chi connectivity index (χ0v) is 16.9. The molecule has 0 aliphatic carbocycles. The molecular weight excluding hydrogens is 438 g/mol. The number of amides is 1. The summed E-state index contributed by atoms with van der Waals surface area (Å²) in [6.07, 6.45) is -0.536. The van der Waals surface area contributed by atoms with Crippen LogP contribution in [0.3, 0.4) is 0 Å². The largest absolute Gasteiger partial charge is 0.481 e. The summed E-state index contributed by atoms with van der Waals surface area (Å²) < 4.78 is 11.3. The van der Waals surface area contributed by atoms with E-state index >= 15 is 0 Å². The lowest BCUT2D eigenvalue weighted by Crippen LogP contribution is -2.26. The average molecular weight is 456 g/mol. The Morgan fingerprint density at radius 1 is 0.862 bits per heavy atom. The van der Waals surface area contributed by atoms with E-state index in [1.165, 1.54) is 4.90 Å². The monoisotopic (exact) mass is 455 g/mol. The molecule has 3 aromatic rings. The maximum Gasteiger partial charge on any atom is 0.419 e. The Morgan fingerprint density at radius 3 is 2.00 bits per heavy atom. The van der Waals surface area contributed by atoms with Gasteiger partial charge in [0.05, 0.1) is 15.8 Å². The van der Waals surface area contributed by atoms with Crippen molar-refractivity contribution in [1.82, 2.24) is 0 Å². The quantitative estimate of drug-likeness (QED) is 0.516. The Kier molecular flexibility index (Phi) is 6.86. The molecule has 3 rings (SSSR count). The van der Waals surface area contributed by atoms with Crippen molar-refractivity contribution < 1.29 is 24.2 Å². The number of hydrogen-bond acceptors (Lipinski definition) is 4. The van der Waals surface area contributed by atoms with Gasteiger partial charge in [0, 0.05) is 5.56 Å². The molecular formula is C22H18BrNO5. The van der Waals surface area contributed by atoms with Gasteiger partial charge in [-0.2, -0.15) is 0 Å². The molecule has 29 heavy (non-hydrogen) atoms. The number of carbonyl (C=O) groups excluding carboxylic acids is 1. The summed E-state index contributed by atoms with van der Waals surface area (Å²) in [6.45, 7) is -0.475. The molecule has 0 saturated heterocycles. The second kappa shape index (κ2) is 9.75. The first-order valence-corrected chi connectivity index (χ1v) is 9.54. The molecule has 0 unspecified atom stereocenters. The number of carboxylic acids is 1. The topological polar surface area (TPSA) is 76.1 Å². The SMILES string of the molecule is O=C(O)COc1cccc(COC(=O)N(c2ccccc2)c2ccccc2)c1Br. The molecule has 0 aliphatic rings. The van der Waals surface area contributed by atoms with E-state index in [4.69, 9.17) is 14.6 Å². The van der Waals surface area contributed by atoms with Gasteiger partial charge in [0.2, 0.25) is 0 Å². The number of para-hydroxylation sites is 2. The highest BCUT2D eigenvalue weighted by atomic mass is 79.9. The Morgan fingerprint density at radius 2 is 1.45 bits per heavy atom. The Balaban J connectivity index is 1.78. The molecule has 6 nitrogen and oxygen atoms in total. The molecule has 7 heteroatoms. The Hall–Kier alpha value is -3.32. The maximum absolute atomic E-state index is 12.9. The van der Waals surface area contributed by atoms with E-state index in [0.717, 1.165) is 0 Å². The van der Waals surface area contributed by atoms with E-state index in [2.05, 4.69) is 15.9 Å². The van der Waals surface area contributed by atoms with E-state index < -0.39 is 18.7 Å². The van der Waals surface area contributed by atoms with Crippen molar-refractivity contribution in [3.8, 4) is 5.75 Å². The van der Waals surface area contributed by atoms with Crippen LogP contribution in [0.15, 0.2) is 83.3 Å². The number of nitrogens with zero attached hydrogens (tertiary/aromatic N) is 1. The molecule has 3 aromatic carbocycles. The van der Waals surface area contributed by atoms with Crippen LogP contribution >= 0.6 is 15.9 Å². The van der Waals surface area contributed by atoms with Crippen LogP contribution in [-0.4, -0.2) is 23.8 Å². The van der Waals surface area contributed by atoms with Crippen molar-refractivity contribution in [2.45, 2.75) is 6.61 Å². The third-order valence-corrected chi connectivity index (χ3v) is 4.86. The third kappa shape index (κ3) is 5.36. The first-order chi connectivity index (χ1) is 14.1. The molecule has 1 amide bonds. The standard InChI is InChI=1S/C22H18BrNO5/c23-21-16(8-7-13-19(21)28-15-20(25)26)14-29-22(27)24(17-9-3-1-4-10-17)18-11-5-2-6-12-18/h1-13H,14-15H2,(H,25,26). The number of ether oxygens (including phenoxy) is 2. The summed E-state index contributed by atoms with van der Waals surface area (Å²) in [5.41, 5.74) is 2.02. The van der Waals surface area contributed by atoms with Gasteiger partial charge in [-0.25, -0.2) is 14.5 Å². The van der Waals surface area contributed by atoms with Crippen molar-refractivity contribution >= 4 is 39.4 Å². The van der Waals surface area contributed by atoms with Crippen LogP contribution < -0.4 is 9.64 Å². The average Bonchev–Trinajstić information content (AvgIpc) is 2.74. The van der Waals surface area contributed by atoms with Gasteiger partial charge in [-0.3, -0.25) is 0 Å². The number of carboxylic acid groups (broad SMARTS) is 1. The van der Waals surface area contributed by atoms with Crippen molar-refractivity contribution in [3.05, 3.63) is 88.9 Å². The van der Waals surface area contributed by atoms with Gasteiger partial charge in [-0.15, -0.1) is 0 Å². The Labute approximate surface area is 176 Å². The van der Waals surface area contributed by atoms with Crippen LogP contribution in [-0.2, 0) is 16.1 Å². The van der Waals surface area contributed by atoms with Gasteiger partial charge in [0.1, 0.15) is 12.4 Å².